The molecule has 106 heavy (non-hydrogen) atoms. The molecular formula is C67H113N9O30. The Morgan fingerprint density at radius 3 is 1.29 bits per heavy atom. The summed E-state index contributed by atoms with van der Waals surface area (Å²) < 4.78 is 49.1. The first-order valence-corrected chi connectivity index (χ1v) is 36.1. The first-order valence-electron chi connectivity index (χ1n) is 36.1. The number of aliphatic hydroxyl groups is 13. The minimum Gasteiger partial charge on any atom is -0.445 e. The highest BCUT2D eigenvalue weighted by molar-refractivity contribution is 5.88. The molecular weight excluding hydrogens is 1410 g/mol. The summed E-state index contributed by atoms with van der Waals surface area (Å²) in [7, 11) is 0. The van der Waals surface area contributed by atoms with E-state index in [-0.39, 0.29) is 130 Å². The molecule has 1 aromatic rings. The third-order valence-electron chi connectivity index (χ3n) is 18.0. The van der Waals surface area contributed by atoms with Crippen LogP contribution in [0.15, 0.2) is 30.3 Å². The van der Waals surface area contributed by atoms with Crippen molar-refractivity contribution < 1.29 is 147 Å². The number of nitrogens with one attached hydrogen (secondary N) is 8. The summed E-state index contributed by atoms with van der Waals surface area (Å²) in [4.78, 5) is 108. The third-order valence-corrected chi connectivity index (χ3v) is 18.0. The Morgan fingerprint density at radius 2 is 0.802 bits per heavy atom. The minimum absolute atomic E-state index is 0.0113. The first kappa shape index (κ1) is 90.5. The first-order chi connectivity index (χ1) is 50.6. The van der Waals surface area contributed by atoms with Crippen molar-refractivity contribution in [3.05, 3.63) is 35.9 Å². The number of carbonyl (C=O) groups excluding carboxylic acids is 8. The van der Waals surface area contributed by atoms with Crippen LogP contribution in [-0.4, -0.2) is 346 Å². The Kier molecular flexibility index (Phi) is 41.4. The van der Waals surface area contributed by atoms with Crippen LogP contribution in [0, 0.1) is 0 Å². The summed E-state index contributed by atoms with van der Waals surface area (Å²) in [5.74, 6) is -4.08. The third kappa shape index (κ3) is 31.1. The Labute approximate surface area is 613 Å². The lowest BCUT2D eigenvalue weighted by atomic mass is 9.99. The highest BCUT2D eigenvalue weighted by atomic mass is 16.7. The number of unbranched alkanes of at least 4 members (excludes halogenated alkanes) is 5. The van der Waals surface area contributed by atoms with Crippen LogP contribution in [-0.2, 0) is 82.8 Å². The lowest BCUT2D eigenvalue weighted by Crippen LogP contribution is -2.59. The number of aliphatic hydroxyl groups excluding tert-OH is 13. The van der Waals surface area contributed by atoms with Crippen LogP contribution in [0.2, 0.25) is 0 Å². The number of alkyl carbamates (subject to hydrolysis) is 1. The smallest absolute Gasteiger partial charge is 0.407 e. The quantitative estimate of drug-likeness (QED) is 0.0270. The molecule has 0 saturated carbocycles. The molecule has 39 heteroatoms. The fourth-order valence-corrected chi connectivity index (χ4v) is 11.6. The van der Waals surface area contributed by atoms with Gasteiger partial charge in [-0.15, -0.1) is 0 Å². The van der Waals surface area contributed by atoms with Gasteiger partial charge in [0.2, 0.25) is 41.4 Å². The average molecular weight is 1520 g/mol. The molecule has 5 rings (SSSR count). The van der Waals surface area contributed by atoms with E-state index in [1.54, 1.807) is 0 Å². The topological polar surface area (TPSA) is 582 Å². The van der Waals surface area contributed by atoms with Crippen molar-refractivity contribution >= 4 is 47.4 Å². The predicted molar refractivity (Wildman–Crippen MR) is 365 cm³/mol. The van der Waals surface area contributed by atoms with E-state index in [4.69, 9.17) is 42.6 Å². The number of rotatable bonds is 47. The van der Waals surface area contributed by atoms with Crippen LogP contribution in [0.4, 0.5) is 4.79 Å². The standard InChI is InChI=1S/C67H113N9O30/c1-37-49(83)53(87)57(91)63(103-37)98-30-26-70-47(81)33-76(34-48(82)71-27-31-99-64-58(92)54(88)50(84)38(2)104-64)42(62(96)73-28-32-100-65-59(93)55(89)51(85)39(3)105-65)17-11-14-22-68-45(79)21-20-41(75-46(80)19-10-6-13-24-74-67(97)102-36-40-15-7-4-8-16-40)61(95)72-23-12-5-9-18-44(78)69-25-29-101-66-60(94)56(90)52(86)43(35-77)106-66/h4,7-8,15-16,37-39,41-43,49-60,63-66,77,83-94H,5-6,9-14,17-36H2,1-3H3,(H,68,79)(H,69,78)(H,70,81)(H,71,82)(H,72,95)(H,73,96)(H,74,97)(H,75,80)/t37-,38-,39-,41-,42-,43+,49+,50+,51+,52+,53+,54+,55+,56-,57-,58-,59-,60-,63+,64+,65+,66-/m0/s1. The van der Waals surface area contributed by atoms with Crippen LogP contribution in [0.5, 0.6) is 0 Å². The van der Waals surface area contributed by atoms with Crippen LogP contribution in [0.25, 0.3) is 0 Å². The highest BCUT2D eigenvalue weighted by Crippen LogP contribution is 2.26. The molecule has 4 aliphatic heterocycles. The summed E-state index contributed by atoms with van der Waals surface area (Å²) >= 11 is 0. The van der Waals surface area contributed by atoms with Gasteiger partial charge in [-0.1, -0.05) is 43.2 Å². The summed E-state index contributed by atoms with van der Waals surface area (Å²) in [6, 6.07) is 6.67. The van der Waals surface area contributed by atoms with Crippen LogP contribution in [0.1, 0.15) is 110 Å². The molecule has 4 aliphatic rings. The molecule has 0 aliphatic carbocycles. The van der Waals surface area contributed by atoms with E-state index in [2.05, 4.69) is 42.5 Å². The van der Waals surface area contributed by atoms with Crippen molar-refractivity contribution in [2.24, 2.45) is 0 Å². The maximum atomic E-state index is 14.4. The van der Waals surface area contributed by atoms with Gasteiger partial charge in [-0.25, -0.2) is 4.79 Å². The van der Waals surface area contributed by atoms with Crippen molar-refractivity contribution in [3.8, 4) is 0 Å². The van der Waals surface area contributed by atoms with Crippen LogP contribution < -0.4 is 42.5 Å². The monoisotopic (exact) mass is 1520 g/mol. The van der Waals surface area contributed by atoms with E-state index < -0.39 is 196 Å². The van der Waals surface area contributed by atoms with Crippen molar-refractivity contribution in [2.75, 3.05) is 91.9 Å². The normalized spacial score (nSPS) is 29.4. The zero-order chi connectivity index (χ0) is 77.8. The van der Waals surface area contributed by atoms with Gasteiger partial charge >= 0.3 is 6.09 Å². The van der Waals surface area contributed by atoms with Gasteiger partial charge < -0.3 is 152 Å². The van der Waals surface area contributed by atoms with Crippen molar-refractivity contribution in [1.29, 1.82) is 0 Å². The molecule has 22 atom stereocenters. The number of ether oxygens (including phenoxy) is 9. The van der Waals surface area contributed by atoms with E-state index in [1.165, 1.54) is 25.7 Å². The Bertz CT molecular complexity index is 2720. The molecule has 1 aromatic carbocycles. The average Bonchev–Trinajstić information content (AvgIpc) is 0.835. The fourth-order valence-electron chi connectivity index (χ4n) is 11.6. The molecule has 0 bridgehead atoms. The molecule has 4 fully saturated rings. The fraction of sp³-hybridized carbons (Fsp3) is 0.791. The number of hydrogen-bond donors (Lipinski definition) is 21. The number of benzene rings is 1. The second kappa shape index (κ2) is 48.4. The SMILES string of the molecule is C[C@@H]1O[C@@H](OCCNC(=O)CN(CC(=O)NCCO[C@@H]2O[C@@H](C)[C@@H](O)[C@@H](O)[C@@H]2O)[C@@H](CCCCNC(=O)CC[C@H](NC(=O)CCCCCNC(=O)OCc2ccccc2)C(=O)NCCCCCC(=O)NCCO[C@H]2O[C@H](CO)[C@@H](O)[C@H](O)[C@@H]2O)C(=O)NCCO[C@@H]2O[C@@H](C)[C@@H](O)[C@@H](O)[C@@H]2O)[C@@H](O)[C@H](O)[C@@H]1O. The molecule has 21 N–H and O–H groups in total. The van der Waals surface area contributed by atoms with Crippen LogP contribution >= 0.6 is 0 Å². The predicted octanol–water partition coefficient (Wildman–Crippen LogP) is -7.81. The molecule has 4 saturated heterocycles. The largest absolute Gasteiger partial charge is 0.445 e. The zero-order valence-corrected chi connectivity index (χ0v) is 60.1. The van der Waals surface area contributed by atoms with Gasteiger partial charge in [0.15, 0.2) is 25.2 Å². The number of carbonyl (C=O) groups is 8. The highest BCUT2D eigenvalue weighted by Gasteiger charge is 2.46. The number of hydrogen-bond acceptors (Lipinski definition) is 31. The Hall–Kier alpha value is -6.10. The molecule has 4 heterocycles. The lowest BCUT2D eigenvalue weighted by molar-refractivity contribution is -0.300. The summed E-state index contributed by atoms with van der Waals surface area (Å²) in [6.45, 7) is 1.36. The molecule has 606 valence electrons. The molecule has 0 aromatic heterocycles. The zero-order valence-electron chi connectivity index (χ0n) is 60.1. The van der Waals surface area contributed by atoms with Gasteiger partial charge in [0, 0.05) is 65.1 Å². The lowest BCUT2D eigenvalue weighted by Gasteiger charge is -2.39. The van der Waals surface area contributed by atoms with Gasteiger partial charge in [-0.2, -0.15) is 0 Å². The molecule has 8 amide bonds. The maximum absolute atomic E-state index is 14.4. The van der Waals surface area contributed by atoms with E-state index in [0.717, 1.165) is 5.56 Å². The second-order valence-corrected chi connectivity index (χ2v) is 26.4. The number of nitrogens with zero attached hydrogens (tertiary/aromatic N) is 1. The summed E-state index contributed by atoms with van der Waals surface area (Å²) in [5.41, 5.74) is 0.819. The Morgan fingerprint density at radius 1 is 0.406 bits per heavy atom. The molecule has 0 radical (unpaired) electrons. The van der Waals surface area contributed by atoms with Gasteiger partial charge in [0.05, 0.1) is 70.5 Å². The second-order valence-electron chi connectivity index (χ2n) is 26.4. The minimum atomic E-state index is -1.66. The van der Waals surface area contributed by atoms with Gasteiger partial charge in [0.25, 0.3) is 0 Å². The molecule has 39 nitrogen and oxygen atoms in total. The van der Waals surface area contributed by atoms with Gasteiger partial charge in [-0.3, -0.25) is 38.5 Å². The molecule has 0 spiro atoms. The molecule has 0 unspecified atom stereocenters. The maximum Gasteiger partial charge on any atom is 0.407 e. The van der Waals surface area contributed by atoms with E-state index >= 15 is 0 Å². The van der Waals surface area contributed by atoms with Crippen molar-refractivity contribution in [3.63, 3.8) is 0 Å². The van der Waals surface area contributed by atoms with Gasteiger partial charge in [0.1, 0.15) is 92.0 Å². The van der Waals surface area contributed by atoms with Gasteiger partial charge in [-0.05, 0) is 77.7 Å². The van der Waals surface area contributed by atoms with E-state index in [0.29, 0.717) is 38.5 Å². The summed E-state index contributed by atoms with van der Waals surface area (Å²) in [6.07, 6.45) is -26.0. The van der Waals surface area contributed by atoms with Crippen molar-refractivity contribution in [1.82, 2.24) is 47.4 Å². The van der Waals surface area contributed by atoms with E-state index in [1.807, 2.05) is 30.3 Å². The van der Waals surface area contributed by atoms with Crippen LogP contribution in [0.3, 0.4) is 0 Å². The number of amides is 8. The Balaban J connectivity index is 1.18. The summed E-state index contributed by atoms with van der Waals surface area (Å²) in [5, 5.41) is 154. The van der Waals surface area contributed by atoms with E-state index in [9.17, 15) is 105 Å². The van der Waals surface area contributed by atoms with Crippen molar-refractivity contribution in [2.45, 2.75) is 246 Å².